The highest BCUT2D eigenvalue weighted by atomic mass is 35.5. The summed E-state index contributed by atoms with van der Waals surface area (Å²) in [6.45, 7) is 0.698. The molecular weight excluding hydrogens is 442 g/mol. The lowest BCUT2D eigenvalue weighted by Crippen LogP contribution is -2.23. The number of aromatic nitrogens is 2. The molecule has 0 atom stereocenters. The predicted molar refractivity (Wildman–Crippen MR) is 125 cm³/mol. The molecule has 5 rings (SSSR count). The van der Waals surface area contributed by atoms with Crippen LogP contribution in [0.25, 0.3) is 21.9 Å². The number of benzene rings is 3. The van der Waals surface area contributed by atoms with Crippen molar-refractivity contribution in [2.75, 3.05) is 0 Å². The molecule has 0 aliphatic carbocycles. The molecule has 7 nitrogen and oxygen atoms in total. The maximum atomic E-state index is 13.2. The molecular formula is C25H18ClN3O4. The van der Waals surface area contributed by atoms with Crippen molar-refractivity contribution in [3.05, 3.63) is 100 Å². The molecule has 0 saturated carbocycles. The van der Waals surface area contributed by atoms with Crippen LogP contribution in [0.15, 0.2) is 77.5 Å². The van der Waals surface area contributed by atoms with E-state index in [-0.39, 0.29) is 18.0 Å². The number of nitrogens with one attached hydrogen (secondary N) is 1. The number of halogens is 1. The molecule has 0 saturated heterocycles. The van der Waals surface area contributed by atoms with Crippen molar-refractivity contribution < 1.29 is 19.1 Å². The quantitative estimate of drug-likeness (QED) is 0.367. The summed E-state index contributed by atoms with van der Waals surface area (Å²) in [4.78, 5) is 24.3. The highest BCUT2D eigenvalue weighted by Gasteiger charge is 2.19. The molecule has 2 aromatic heterocycles. The number of fused-ring (bicyclic) bond motifs is 3. The van der Waals surface area contributed by atoms with Crippen molar-refractivity contribution in [3.8, 4) is 0 Å². The molecule has 2 heterocycles. The smallest absolute Gasteiger partial charge is 0.335 e. The van der Waals surface area contributed by atoms with Crippen LogP contribution in [0.3, 0.4) is 0 Å². The number of furan rings is 1. The first kappa shape index (κ1) is 20.8. The number of aromatic carboxylic acids is 1. The zero-order valence-corrected chi connectivity index (χ0v) is 18.0. The van der Waals surface area contributed by atoms with E-state index in [4.69, 9.17) is 21.1 Å². The Kier molecular flexibility index (Phi) is 5.32. The maximum absolute atomic E-state index is 13.2. The highest BCUT2D eigenvalue weighted by molar-refractivity contribution is 6.30. The second-order valence-corrected chi connectivity index (χ2v) is 8.07. The second kappa shape index (κ2) is 8.44. The molecule has 5 aromatic rings. The minimum Gasteiger partial charge on any atom is -0.478 e. The molecule has 0 spiro atoms. The van der Waals surface area contributed by atoms with Crippen LogP contribution in [0.4, 0.5) is 0 Å². The van der Waals surface area contributed by atoms with Gasteiger partial charge in [-0.15, -0.1) is 0 Å². The number of carboxylic acids is 1. The van der Waals surface area contributed by atoms with Crippen molar-refractivity contribution in [3.63, 3.8) is 0 Å². The zero-order chi connectivity index (χ0) is 22.9. The van der Waals surface area contributed by atoms with Gasteiger partial charge in [0.05, 0.1) is 35.6 Å². The van der Waals surface area contributed by atoms with E-state index in [0.29, 0.717) is 28.2 Å². The third-order valence-corrected chi connectivity index (χ3v) is 5.71. The van der Waals surface area contributed by atoms with Crippen LogP contribution >= 0.6 is 11.6 Å². The average Bonchev–Trinajstić information content (AvgIpc) is 3.44. The van der Waals surface area contributed by atoms with Crippen LogP contribution in [0.5, 0.6) is 0 Å². The number of carbonyl (C=O) groups is 2. The van der Waals surface area contributed by atoms with Gasteiger partial charge in [0.2, 0.25) is 0 Å². The molecule has 0 aliphatic heterocycles. The SMILES string of the molecule is O=C(O)c1ccc(CNC(=O)c2cc3occc3c3cnn(Cc4cccc(Cl)c4)c23)cc1. The van der Waals surface area contributed by atoms with Gasteiger partial charge in [-0.1, -0.05) is 35.9 Å². The van der Waals surface area contributed by atoms with Crippen LogP contribution in [0, 0.1) is 0 Å². The lowest BCUT2D eigenvalue weighted by Gasteiger charge is -2.11. The van der Waals surface area contributed by atoms with Gasteiger partial charge >= 0.3 is 5.97 Å². The average molecular weight is 460 g/mol. The van der Waals surface area contributed by atoms with Gasteiger partial charge in [-0.25, -0.2) is 4.79 Å². The number of nitrogens with zero attached hydrogens (tertiary/aromatic N) is 2. The Morgan fingerprint density at radius 2 is 1.85 bits per heavy atom. The van der Waals surface area contributed by atoms with Crippen LogP contribution in [0.2, 0.25) is 5.02 Å². The molecule has 2 N–H and O–H groups in total. The van der Waals surface area contributed by atoms with Gasteiger partial charge < -0.3 is 14.8 Å². The first-order valence-electron chi connectivity index (χ1n) is 10.2. The molecule has 0 bridgehead atoms. The number of carboxylic acid groups (broad SMARTS) is 1. The maximum Gasteiger partial charge on any atom is 0.335 e. The Morgan fingerprint density at radius 1 is 1.03 bits per heavy atom. The summed E-state index contributed by atoms with van der Waals surface area (Å²) in [5.74, 6) is -1.28. The summed E-state index contributed by atoms with van der Waals surface area (Å²) < 4.78 is 7.35. The standard InChI is InChI=1S/C25H18ClN3O4/c26-18-3-1-2-16(10-18)14-29-23-20(11-22-19(8-9-33-22)21(23)13-28-29)24(30)27-12-15-4-6-17(7-5-15)25(31)32/h1-11,13H,12,14H2,(H,27,30)(H,31,32). The number of hydrogen-bond acceptors (Lipinski definition) is 4. The van der Waals surface area contributed by atoms with E-state index in [0.717, 1.165) is 21.9 Å². The molecule has 0 unspecified atom stereocenters. The largest absolute Gasteiger partial charge is 0.478 e. The lowest BCUT2D eigenvalue weighted by molar-refractivity contribution is 0.0696. The summed E-state index contributed by atoms with van der Waals surface area (Å²) in [6.07, 6.45) is 3.32. The molecule has 0 radical (unpaired) electrons. The van der Waals surface area contributed by atoms with Crippen LogP contribution in [-0.4, -0.2) is 26.8 Å². The first-order chi connectivity index (χ1) is 16.0. The fourth-order valence-electron chi connectivity index (χ4n) is 3.87. The van der Waals surface area contributed by atoms with Crippen molar-refractivity contribution in [2.45, 2.75) is 13.1 Å². The normalized spacial score (nSPS) is 11.2. The fourth-order valence-corrected chi connectivity index (χ4v) is 4.08. The van der Waals surface area contributed by atoms with Gasteiger partial charge in [-0.2, -0.15) is 5.10 Å². The summed E-state index contributed by atoms with van der Waals surface area (Å²) >= 11 is 6.14. The Hall–Kier alpha value is -4.10. The molecule has 33 heavy (non-hydrogen) atoms. The fraction of sp³-hybridized carbons (Fsp3) is 0.0800. The minimum absolute atomic E-state index is 0.194. The number of hydrogen-bond donors (Lipinski definition) is 2. The summed E-state index contributed by atoms with van der Waals surface area (Å²) in [7, 11) is 0. The van der Waals surface area contributed by atoms with Crippen molar-refractivity contribution in [1.29, 1.82) is 0 Å². The highest BCUT2D eigenvalue weighted by Crippen LogP contribution is 2.30. The Labute approximate surface area is 193 Å². The summed E-state index contributed by atoms with van der Waals surface area (Å²) in [6, 6.07) is 17.5. The van der Waals surface area contributed by atoms with Gasteiger partial charge in [-0.05, 0) is 47.5 Å². The minimum atomic E-state index is -0.993. The van der Waals surface area contributed by atoms with Crippen LogP contribution in [0.1, 0.15) is 31.8 Å². The van der Waals surface area contributed by atoms with Crippen molar-refractivity contribution in [1.82, 2.24) is 15.1 Å². The molecule has 0 aliphatic rings. The summed E-state index contributed by atoms with van der Waals surface area (Å²) in [5.41, 5.74) is 3.68. The zero-order valence-electron chi connectivity index (χ0n) is 17.3. The third kappa shape index (κ3) is 4.06. The summed E-state index contributed by atoms with van der Waals surface area (Å²) in [5, 5.41) is 18.8. The molecule has 164 valence electrons. The van der Waals surface area contributed by atoms with Gasteiger partial charge in [0, 0.05) is 22.3 Å². The van der Waals surface area contributed by atoms with Crippen molar-refractivity contribution in [2.24, 2.45) is 0 Å². The first-order valence-corrected chi connectivity index (χ1v) is 10.6. The van der Waals surface area contributed by atoms with E-state index in [1.54, 1.807) is 35.3 Å². The van der Waals surface area contributed by atoms with E-state index >= 15 is 0 Å². The van der Waals surface area contributed by atoms with Crippen LogP contribution < -0.4 is 5.32 Å². The Morgan fingerprint density at radius 3 is 2.61 bits per heavy atom. The van der Waals surface area contributed by atoms with E-state index in [2.05, 4.69) is 10.4 Å². The Bertz CT molecular complexity index is 1500. The molecule has 0 fully saturated rings. The predicted octanol–water partition coefficient (Wildman–Crippen LogP) is 5.11. The number of amides is 1. The van der Waals surface area contributed by atoms with E-state index < -0.39 is 5.97 Å². The molecule has 3 aromatic carbocycles. The van der Waals surface area contributed by atoms with Gasteiger partial charge in [-0.3, -0.25) is 9.48 Å². The third-order valence-electron chi connectivity index (χ3n) is 5.48. The van der Waals surface area contributed by atoms with Gasteiger partial charge in [0.25, 0.3) is 5.91 Å². The number of carbonyl (C=O) groups excluding carboxylic acids is 1. The monoisotopic (exact) mass is 459 g/mol. The number of rotatable bonds is 6. The van der Waals surface area contributed by atoms with Crippen LogP contribution in [-0.2, 0) is 13.1 Å². The van der Waals surface area contributed by atoms with Crippen molar-refractivity contribution >= 4 is 45.3 Å². The van der Waals surface area contributed by atoms with Gasteiger partial charge in [0.1, 0.15) is 5.58 Å². The van der Waals surface area contributed by atoms with Gasteiger partial charge in [0.15, 0.2) is 0 Å². The van der Waals surface area contributed by atoms with E-state index in [1.165, 1.54) is 12.1 Å². The molecule has 1 amide bonds. The second-order valence-electron chi connectivity index (χ2n) is 7.64. The van der Waals surface area contributed by atoms with E-state index in [1.807, 2.05) is 30.3 Å². The molecule has 8 heteroatoms. The lowest BCUT2D eigenvalue weighted by atomic mass is 10.1. The Balaban J connectivity index is 1.49. The van der Waals surface area contributed by atoms with E-state index in [9.17, 15) is 9.59 Å². The topological polar surface area (TPSA) is 97.4 Å².